The van der Waals surface area contributed by atoms with E-state index in [-0.39, 0.29) is 0 Å². The van der Waals surface area contributed by atoms with Crippen molar-refractivity contribution < 1.29 is 4.74 Å². The highest BCUT2D eigenvalue weighted by Gasteiger charge is 2.15. The number of hydrogen-bond donors (Lipinski definition) is 1. The van der Waals surface area contributed by atoms with Crippen molar-refractivity contribution in [1.82, 2.24) is 4.98 Å². The Labute approximate surface area is 106 Å². The highest BCUT2D eigenvalue weighted by Crippen LogP contribution is 2.31. The summed E-state index contributed by atoms with van der Waals surface area (Å²) >= 11 is 0. The standard InChI is InChI=1S/C14H17N3O/c15-12-10-16-13-5-2-1-4-11(13)14(12)17-6-3-8-18-9-7-17/h1-2,4-5,10H,3,6-9,15H2. The van der Waals surface area contributed by atoms with E-state index < -0.39 is 0 Å². The molecule has 0 radical (unpaired) electrons. The predicted molar refractivity (Wildman–Crippen MR) is 73.8 cm³/mol. The van der Waals surface area contributed by atoms with Gasteiger partial charge in [-0.15, -0.1) is 0 Å². The molecule has 2 aromatic rings. The number of para-hydroxylation sites is 1. The second-order valence-electron chi connectivity index (χ2n) is 4.53. The Kier molecular flexibility index (Phi) is 3.02. The molecule has 0 aliphatic carbocycles. The van der Waals surface area contributed by atoms with Gasteiger partial charge >= 0.3 is 0 Å². The van der Waals surface area contributed by atoms with Gasteiger partial charge in [-0.3, -0.25) is 4.98 Å². The van der Waals surface area contributed by atoms with Gasteiger partial charge in [0.05, 0.1) is 29.7 Å². The molecule has 1 aromatic heterocycles. The molecule has 2 heterocycles. The van der Waals surface area contributed by atoms with Gasteiger partial charge in [0.1, 0.15) is 0 Å². The fraction of sp³-hybridized carbons (Fsp3) is 0.357. The van der Waals surface area contributed by atoms with E-state index >= 15 is 0 Å². The Bertz CT molecular complexity index is 548. The number of hydrogen-bond acceptors (Lipinski definition) is 4. The van der Waals surface area contributed by atoms with Crippen LogP contribution in [0.2, 0.25) is 0 Å². The molecule has 1 fully saturated rings. The molecule has 3 rings (SSSR count). The lowest BCUT2D eigenvalue weighted by atomic mass is 10.1. The zero-order valence-electron chi connectivity index (χ0n) is 10.3. The van der Waals surface area contributed by atoms with E-state index in [9.17, 15) is 0 Å². The number of nitrogen functional groups attached to an aromatic ring is 1. The summed E-state index contributed by atoms with van der Waals surface area (Å²) in [5.74, 6) is 0. The van der Waals surface area contributed by atoms with Gasteiger partial charge < -0.3 is 15.4 Å². The molecule has 0 saturated carbocycles. The number of fused-ring (bicyclic) bond motifs is 1. The van der Waals surface area contributed by atoms with Crippen molar-refractivity contribution in [2.24, 2.45) is 0 Å². The molecule has 1 aliphatic heterocycles. The van der Waals surface area contributed by atoms with Crippen LogP contribution in [-0.4, -0.2) is 31.3 Å². The van der Waals surface area contributed by atoms with Crippen LogP contribution in [0.1, 0.15) is 6.42 Å². The van der Waals surface area contributed by atoms with Crippen LogP contribution in [0.5, 0.6) is 0 Å². The largest absolute Gasteiger partial charge is 0.396 e. The molecule has 1 aliphatic rings. The van der Waals surface area contributed by atoms with Gasteiger partial charge in [0, 0.05) is 25.1 Å². The molecule has 0 spiro atoms. The first-order valence-electron chi connectivity index (χ1n) is 6.32. The third kappa shape index (κ3) is 1.99. The molecule has 94 valence electrons. The monoisotopic (exact) mass is 243 g/mol. The van der Waals surface area contributed by atoms with Crippen LogP contribution in [0.15, 0.2) is 30.5 Å². The summed E-state index contributed by atoms with van der Waals surface area (Å²) in [6.45, 7) is 3.46. The summed E-state index contributed by atoms with van der Waals surface area (Å²) in [4.78, 5) is 6.69. The summed E-state index contributed by atoms with van der Waals surface area (Å²) in [6, 6.07) is 8.13. The lowest BCUT2D eigenvalue weighted by Gasteiger charge is -2.25. The third-order valence-corrected chi connectivity index (χ3v) is 3.31. The molecule has 18 heavy (non-hydrogen) atoms. The number of benzene rings is 1. The van der Waals surface area contributed by atoms with E-state index in [1.807, 2.05) is 18.2 Å². The third-order valence-electron chi connectivity index (χ3n) is 3.31. The number of nitrogens with two attached hydrogens (primary N) is 1. The normalized spacial score (nSPS) is 16.8. The number of anilines is 2. The minimum Gasteiger partial charge on any atom is -0.396 e. The molecule has 0 unspecified atom stereocenters. The van der Waals surface area contributed by atoms with Gasteiger partial charge in [0.2, 0.25) is 0 Å². The fourth-order valence-corrected chi connectivity index (χ4v) is 2.46. The summed E-state index contributed by atoms with van der Waals surface area (Å²) in [5, 5.41) is 1.12. The van der Waals surface area contributed by atoms with Crippen LogP contribution < -0.4 is 10.6 Å². The van der Waals surface area contributed by atoms with Crippen LogP contribution in [0.25, 0.3) is 10.9 Å². The van der Waals surface area contributed by atoms with Gasteiger partial charge in [-0.2, -0.15) is 0 Å². The molecule has 4 heteroatoms. The Hall–Kier alpha value is -1.81. The number of rotatable bonds is 1. The topological polar surface area (TPSA) is 51.4 Å². The number of aromatic nitrogens is 1. The van der Waals surface area contributed by atoms with Crippen molar-refractivity contribution in [2.75, 3.05) is 36.9 Å². The van der Waals surface area contributed by atoms with Crippen molar-refractivity contribution in [3.63, 3.8) is 0 Å². The first-order chi connectivity index (χ1) is 8.86. The van der Waals surface area contributed by atoms with Crippen LogP contribution in [-0.2, 0) is 4.74 Å². The Morgan fingerprint density at radius 3 is 3.00 bits per heavy atom. The SMILES string of the molecule is Nc1cnc2ccccc2c1N1CCCOCC1. The van der Waals surface area contributed by atoms with Crippen LogP contribution in [0, 0.1) is 0 Å². The molecule has 0 amide bonds. The molecule has 0 bridgehead atoms. The average molecular weight is 243 g/mol. The number of nitrogens with zero attached hydrogens (tertiary/aromatic N) is 2. The Morgan fingerprint density at radius 1 is 1.17 bits per heavy atom. The minimum atomic E-state index is 0.746. The highest BCUT2D eigenvalue weighted by molar-refractivity contribution is 5.97. The first kappa shape index (κ1) is 11.3. The molecule has 2 N–H and O–H groups in total. The fourth-order valence-electron chi connectivity index (χ4n) is 2.46. The van der Waals surface area contributed by atoms with E-state index in [1.54, 1.807) is 6.20 Å². The number of pyridine rings is 1. The zero-order chi connectivity index (χ0) is 12.4. The van der Waals surface area contributed by atoms with E-state index in [0.29, 0.717) is 0 Å². The zero-order valence-corrected chi connectivity index (χ0v) is 10.3. The lowest BCUT2D eigenvalue weighted by molar-refractivity contribution is 0.152. The summed E-state index contributed by atoms with van der Waals surface area (Å²) in [5.41, 5.74) is 8.96. The molecular formula is C14H17N3O. The summed E-state index contributed by atoms with van der Waals surface area (Å²) < 4.78 is 5.50. The van der Waals surface area contributed by atoms with Crippen LogP contribution in [0.3, 0.4) is 0 Å². The number of ether oxygens (including phenoxy) is 1. The highest BCUT2D eigenvalue weighted by atomic mass is 16.5. The van der Waals surface area contributed by atoms with Gasteiger partial charge in [-0.1, -0.05) is 18.2 Å². The molecule has 4 nitrogen and oxygen atoms in total. The lowest BCUT2D eigenvalue weighted by Crippen LogP contribution is -2.27. The van der Waals surface area contributed by atoms with Gasteiger partial charge in [-0.25, -0.2) is 0 Å². The molecular weight excluding hydrogens is 226 g/mol. The van der Waals surface area contributed by atoms with Crippen molar-refractivity contribution in [3.8, 4) is 0 Å². The Morgan fingerprint density at radius 2 is 2.06 bits per heavy atom. The molecule has 1 saturated heterocycles. The van der Waals surface area contributed by atoms with Gasteiger partial charge in [0.25, 0.3) is 0 Å². The van der Waals surface area contributed by atoms with E-state index in [1.165, 1.54) is 0 Å². The van der Waals surface area contributed by atoms with Crippen molar-refractivity contribution >= 4 is 22.3 Å². The van der Waals surface area contributed by atoms with Gasteiger partial charge in [0.15, 0.2) is 0 Å². The second-order valence-corrected chi connectivity index (χ2v) is 4.53. The van der Waals surface area contributed by atoms with Crippen molar-refractivity contribution in [3.05, 3.63) is 30.5 Å². The smallest absolute Gasteiger partial charge is 0.0745 e. The maximum atomic E-state index is 6.12. The summed E-state index contributed by atoms with van der Waals surface area (Å²) in [6.07, 6.45) is 2.79. The van der Waals surface area contributed by atoms with Crippen LogP contribution >= 0.6 is 0 Å². The van der Waals surface area contributed by atoms with E-state index in [2.05, 4.69) is 16.0 Å². The maximum Gasteiger partial charge on any atom is 0.0745 e. The van der Waals surface area contributed by atoms with Crippen molar-refractivity contribution in [1.29, 1.82) is 0 Å². The average Bonchev–Trinajstić information content (AvgIpc) is 2.67. The van der Waals surface area contributed by atoms with Gasteiger partial charge in [-0.05, 0) is 12.5 Å². The van der Waals surface area contributed by atoms with Crippen LogP contribution in [0.4, 0.5) is 11.4 Å². The van der Waals surface area contributed by atoms with E-state index in [0.717, 1.165) is 55.0 Å². The second kappa shape index (κ2) is 4.82. The Balaban J connectivity index is 2.11. The maximum absolute atomic E-state index is 6.12. The van der Waals surface area contributed by atoms with E-state index in [4.69, 9.17) is 10.5 Å². The minimum absolute atomic E-state index is 0.746. The quantitative estimate of drug-likeness (QED) is 0.832. The molecule has 0 atom stereocenters. The summed E-state index contributed by atoms with van der Waals surface area (Å²) in [7, 11) is 0. The first-order valence-corrected chi connectivity index (χ1v) is 6.32. The van der Waals surface area contributed by atoms with Crippen molar-refractivity contribution in [2.45, 2.75) is 6.42 Å². The molecule has 1 aromatic carbocycles. The predicted octanol–water partition coefficient (Wildman–Crippen LogP) is 2.04.